The SMILES string of the molecule is Cc1cc([N+](=O)[O-])ccc1NC(=O)CCN(C1CC1)C(C)C(=O)O. The lowest BCUT2D eigenvalue weighted by atomic mass is 10.1. The van der Waals surface area contributed by atoms with Crippen LogP contribution in [0.2, 0.25) is 0 Å². The van der Waals surface area contributed by atoms with Crippen LogP contribution in [0.15, 0.2) is 18.2 Å². The van der Waals surface area contributed by atoms with Crippen LogP contribution in [0.5, 0.6) is 0 Å². The Labute approximate surface area is 139 Å². The molecule has 0 radical (unpaired) electrons. The fourth-order valence-corrected chi connectivity index (χ4v) is 2.59. The number of carboxylic acid groups (broad SMARTS) is 1. The third-order valence-corrected chi connectivity index (χ3v) is 4.16. The third-order valence-electron chi connectivity index (χ3n) is 4.16. The Morgan fingerprint density at radius 2 is 2.12 bits per heavy atom. The molecule has 1 saturated carbocycles. The van der Waals surface area contributed by atoms with Crippen LogP contribution in [-0.4, -0.2) is 45.4 Å². The number of carbonyl (C=O) groups is 2. The molecule has 0 aromatic heterocycles. The molecule has 1 fully saturated rings. The molecule has 8 nitrogen and oxygen atoms in total. The Morgan fingerprint density at radius 3 is 2.62 bits per heavy atom. The van der Waals surface area contributed by atoms with Gasteiger partial charge in [-0.15, -0.1) is 0 Å². The first-order valence-electron chi connectivity index (χ1n) is 7.83. The zero-order valence-electron chi connectivity index (χ0n) is 13.7. The highest BCUT2D eigenvalue weighted by Gasteiger charge is 2.34. The molecule has 1 amide bonds. The van der Waals surface area contributed by atoms with Gasteiger partial charge in [-0.05, 0) is 38.3 Å². The molecule has 1 aromatic rings. The quantitative estimate of drug-likeness (QED) is 0.556. The van der Waals surface area contributed by atoms with Crippen molar-refractivity contribution in [2.45, 2.75) is 45.2 Å². The number of aliphatic carboxylic acids is 1. The van der Waals surface area contributed by atoms with Crippen molar-refractivity contribution in [2.75, 3.05) is 11.9 Å². The number of benzene rings is 1. The van der Waals surface area contributed by atoms with Crippen LogP contribution in [0, 0.1) is 17.0 Å². The summed E-state index contributed by atoms with van der Waals surface area (Å²) in [6.07, 6.45) is 2.09. The lowest BCUT2D eigenvalue weighted by Crippen LogP contribution is -2.42. The van der Waals surface area contributed by atoms with E-state index in [1.807, 2.05) is 4.90 Å². The number of carboxylic acids is 1. The molecular formula is C16H21N3O5. The first-order valence-corrected chi connectivity index (χ1v) is 7.83. The molecule has 130 valence electrons. The topological polar surface area (TPSA) is 113 Å². The van der Waals surface area contributed by atoms with Gasteiger partial charge in [0.1, 0.15) is 6.04 Å². The summed E-state index contributed by atoms with van der Waals surface area (Å²) in [4.78, 5) is 35.3. The maximum absolute atomic E-state index is 12.1. The molecule has 24 heavy (non-hydrogen) atoms. The monoisotopic (exact) mass is 335 g/mol. The molecule has 1 aliphatic carbocycles. The van der Waals surface area contributed by atoms with Crippen LogP contribution in [0.25, 0.3) is 0 Å². The van der Waals surface area contributed by atoms with Gasteiger partial charge in [-0.2, -0.15) is 0 Å². The van der Waals surface area contributed by atoms with Crippen LogP contribution in [0.1, 0.15) is 31.7 Å². The summed E-state index contributed by atoms with van der Waals surface area (Å²) in [6, 6.07) is 3.87. The number of nitrogens with one attached hydrogen (secondary N) is 1. The van der Waals surface area contributed by atoms with Crippen molar-refractivity contribution in [3.63, 3.8) is 0 Å². The Morgan fingerprint density at radius 1 is 1.46 bits per heavy atom. The zero-order chi connectivity index (χ0) is 17.9. The normalized spacial score (nSPS) is 15.1. The smallest absolute Gasteiger partial charge is 0.320 e. The second kappa shape index (κ2) is 7.39. The average Bonchev–Trinajstić information content (AvgIpc) is 3.33. The minimum atomic E-state index is -0.895. The van der Waals surface area contributed by atoms with E-state index in [2.05, 4.69) is 5.32 Å². The first-order chi connectivity index (χ1) is 11.3. The van der Waals surface area contributed by atoms with E-state index in [0.717, 1.165) is 12.8 Å². The molecule has 0 aliphatic heterocycles. The maximum Gasteiger partial charge on any atom is 0.320 e. The van der Waals surface area contributed by atoms with Gasteiger partial charge < -0.3 is 10.4 Å². The number of amides is 1. The summed E-state index contributed by atoms with van der Waals surface area (Å²) in [5, 5.41) is 22.6. The number of hydrogen-bond donors (Lipinski definition) is 2. The Bertz CT molecular complexity index is 657. The van der Waals surface area contributed by atoms with Gasteiger partial charge in [0.2, 0.25) is 5.91 Å². The van der Waals surface area contributed by atoms with Crippen LogP contribution < -0.4 is 5.32 Å². The van der Waals surface area contributed by atoms with E-state index < -0.39 is 16.9 Å². The van der Waals surface area contributed by atoms with Crippen molar-refractivity contribution in [1.29, 1.82) is 0 Å². The fraction of sp³-hybridized carbons (Fsp3) is 0.500. The fourth-order valence-electron chi connectivity index (χ4n) is 2.59. The number of anilines is 1. The summed E-state index contributed by atoms with van der Waals surface area (Å²) < 4.78 is 0. The zero-order valence-corrected chi connectivity index (χ0v) is 13.7. The van der Waals surface area contributed by atoms with Gasteiger partial charge >= 0.3 is 5.97 Å². The first kappa shape index (κ1) is 17.9. The van der Waals surface area contributed by atoms with Crippen LogP contribution in [-0.2, 0) is 9.59 Å². The molecular weight excluding hydrogens is 314 g/mol. The molecule has 0 saturated heterocycles. The van der Waals surface area contributed by atoms with Gasteiger partial charge in [-0.1, -0.05) is 0 Å². The van der Waals surface area contributed by atoms with Gasteiger partial charge in [0.05, 0.1) is 4.92 Å². The third kappa shape index (κ3) is 4.51. The van der Waals surface area contributed by atoms with Crippen LogP contribution >= 0.6 is 0 Å². The molecule has 2 N–H and O–H groups in total. The maximum atomic E-state index is 12.1. The van der Waals surface area contributed by atoms with Crippen LogP contribution in [0.4, 0.5) is 11.4 Å². The predicted molar refractivity (Wildman–Crippen MR) is 87.9 cm³/mol. The summed E-state index contributed by atoms with van der Waals surface area (Å²) in [7, 11) is 0. The Balaban J connectivity index is 1.93. The second-order valence-corrected chi connectivity index (χ2v) is 6.04. The van der Waals surface area contributed by atoms with E-state index in [1.165, 1.54) is 18.2 Å². The molecule has 0 spiro atoms. The van der Waals surface area contributed by atoms with Crippen molar-refractivity contribution >= 4 is 23.3 Å². The highest BCUT2D eigenvalue weighted by atomic mass is 16.6. The molecule has 8 heteroatoms. The number of rotatable bonds is 8. The minimum Gasteiger partial charge on any atom is -0.480 e. The average molecular weight is 335 g/mol. The lowest BCUT2D eigenvalue weighted by Gasteiger charge is -2.25. The predicted octanol–water partition coefficient (Wildman–Crippen LogP) is 2.17. The van der Waals surface area contributed by atoms with Gasteiger partial charge in [0.25, 0.3) is 5.69 Å². The lowest BCUT2D eigenvalue weighted by molar-refractivity contribution is -0.384. The van der Waals surface area contributed by atoms with Crippen molar-refractivity contribution in [2.24, 2.45) is 0 Å². The molecule has 0 heterocycles. The van der Waals surface area contributed by atoms with Crippen LogP contribution in [0.3, 0.4) is 0 Å². The van der Waals surface area contributed by atoms with E-state index in [4.69, 9.17) is 5.11 Å². The van der Waals surface area contributed by atoms with Gasteiger partial charge in [0, 0.05) is 36.8 Å². The number of non-ortho nitro benzene ring substituents is 1. The van der Waals surface area contributed by atoms with Crippen molar-refractivity contribution in [3.8, 4) is 0 Å². The number of nitro groups is 1. The largest absolute Gasteiger partial charge is 0.480 e. The second-order valence-electron chi connectivity index (χ2n) is 6.04. The van der Waals surface area contributed by atoms with E-state index in [-0.39, 0.29) is 24.1 Å². The van der Waals surface area contributed by atoms with E-state index in [1.54, 1.807) is 13.8 Å². The summed E-state index contributed by atoms with van der Waals surface area (Å²) in [6.45, 7) is 3.68. The van der Waals surface area contributed by atoms with Crippen molar-refractivity contribution in [3.05, 3.63) is 33.9 Å². The standard InChI is InChI=1S/C16H21N3O5/c1-10-9-13(19(23)24)5-6-14(10)17-15(20)7-8-18(12-3-4-12)11(2)16(21)22/h5-6,9,11-12H,3-4,7-8H2,1-2H3,(H,17,20)(H,21,22). The van der Waals surface area contributed by atoms with E-state index in [9.17, 15) is 19.7 Å². The minimum absolute atomic E-state index is 0.0271. The van der Waals surface area contributed by atoms with Crippen molar-refractivity contribution < 1.29 is 19.6 Å². The molecule has 1 atom stereocenters. The number of nitrogens with zero attached hydrogens (tertiary/aromatic N) is 2. The Kier molecular flexibility index (Phi) is 5.50. The summed E-state index contributed by atoms with van der Waals surface area (Å²) in [5.41, 5.74) is 1.10. The highest BCUT2D eigenvalue weighted by molar-refractivity contribution is 5.91. The summed E-state index contributed by atoms with van der Waals surface area (Å²) in [5.74, 6) is -1.14. The van der Waals surface area contributed by atoms with Gasteiger partial charge in [0.15, 0.2) is 0 Å². The highest BCUT2D eigenvalue weighted by Crippen LogP contribution is 2.29. The molecule has 2 rings (SSSR count). The molecule has 1 aliphatic rings. The number of carbonyl (C=O) groups excluding carboxylic acids is 1. The molecule has 1 aromatic carbocycles. The van der Waals surface area contributed by atoms with Gasteiger partial charge in [-0.3, -0.25) is 24.6 Å². The molecule has 1 unspecified atom stereocenters. The van der Waals surface area contributed by atoms with Crippen molar-refractivity contribution in [1.82, 2.24) is 4.90 Å². The summed E-state index contributed by atoms with van der Waals surface area (Å²) >= 11 is 0. The number of nitro benzene ring substituents is 1. The van der Waals surface area contributed by atoms with E-state index in [0.29, 0.717) is 17.8 Å². The Hall–Kier alpha value is -2.48. The number of aryl methyl sites for hydroxylation is 1. The van der Waals surface area contributed by atoms with Gasteiger partial charge in [-0.25, -0.2) is 0 Å². The molecule has 0 bridgehead atoms. The number of hydrogen-bond acceptors (Lipinski definition) is 5. The van der Waals surface area contributed by atoms with E-state index >= 15 is 0 Å².